The molecular weight excluding hydrogens is 184 g/mol. The molecule has 0 aromatic heterocycles. The van der Waals surface area contributed by atoms with Crippen LogP contribution in [0.1, 0.15) is 38.5 Å². The molecule has 0 aromatic carbocycles. The normalized spacial score (nSPS) is 46.2. The van der Waals surface area contributed by atoms with Crippen molar-refractivity contribution in [2.75, 3.05) is 19.6 Å². The van der Waals surface area contributed by atoms with Crippen LogP contribution in [-0.4, -0.2) is 30.6 Å². The second kappa shape index (κ2) is 4.06. The number of piperidine rings is 3. The van der Waals surface area contributed by atoms with Crippen LogP contribution in [0.4, 0.5) is 0 Å². The van der Waals surface area contributed by atoms with Crippen LogP contribution in [0, 0.1) is 17.8 Å². The lowest BCUT2D eigenvalue weighted by atomic mass is 9.69. The number of nitrogens with two attached hydrogens (primary N) is 1. The predicted octanol–water partition coefficient (Wildman–Crippen LogP) is 1.85. The Kier molecular flexibility index (Phi) is 2.73. The second-order valence-corrected chi connectivity index (χ2v) is 5.81. The first-order valence-electron chi connectivity index (χ1n) is 6.84. The van der Waals surface area contributed by atoms with Gasteiger partial charge in [0, 0.05) is 6.04 Å². The summed E-state index contributed by atoms with van der Waals surface area (Å²) in [6, 6.07) is 0.866. The third-order valence-electron chi connectivity index (χ3n) is 5.19. The largest absolute Gasteiger partial charge is 0.330 e. The molecule has 2 nitrogen and oxygen atoms in total. The first-order chi connectivity index (χ1) is 7.40. The van der Waals surface area contributed by atoms with Crippen LogP contribution in [0.5, 0.6) is 0 Å². The number of hydrogen-bond donors (Lipinski definition) is 1. The lowest BCUT2D eigenvalue weighted by Gasteiger charge is -2.53. The molecule has 0 radical (unpaired) electrons. The van der Waals surface area contributed by atoms with E-state index in [0.29, 0.717) is 0 Å². The zero-order valence-corrected chi connectivity index (χ0v) is 9.70. The van der Waals surface area contributed by atoms with E-state index in [1.807, 2.05) is 0 Å². The molecule has 2 N–H and O–H groups in total. The zero-order chi connectivity index (χ0) is 10.3. The van der Waals surface area contributed by atoms with Gasteiger partial charge in [-0.1, -0.05) is 12.8 Å². The van der Waals surface area contributed by atoms with E-state index in [1.54, 1.807) is 0 Å². The zero-order valence-electron chi connectivity index (χ0n) is 9.70. The molecule has 4 aliphatic rings. The van der Waals surface area contributed by atoms with E-state index in [9.17, 15) is 0 Å². The van der Waals surface area contributed by atoms with E-state index >= 15 is 0 Å². The topological polar surface area (TPSA) is 29.3 Å². The maximum Gasteiger partial charge on any atom is 0.0166 e. The fraction of sp³-hybridized carbons (Fsp3) is 1.00. The molecule has 15 heavy (non-hydrogen) atoms. The second-order valence-electron chi connectivity index (χ2n) is 5.81. The van der Waals surface area contributed by atoms with Gasteiger partial charge in [-0.2, -0.15) is 0 Å². The van der Waals surface area contributed by atoms with Gasteiger partial charge in [0.05, 0.1) is 0 Å². The van der Waals surface area contributed by atoms with Gasteiger partial charge in [-0.25, -0.2) is 0 Å². The highest BCUT2D eigenvalue weighted by Crippen LogP contribution is 2.43. The fourth-order valence-electron chi connectivity index (χ4n) is 4.47. The Hall–Kier alpha value is -0.0800. The van der Waals surface area contributed by atoms with Gasteiger partial charge in [0.15, 0.2) is 0 Å². The maximum absolute atomic E-state index is 6.02. The van der Waals surface area contributed by atoms with Gasteiger partial charge in [-0.05, 0) is 63.1 Å². The lowest BCUT2D eigenvalue weighted by Crippen LogP contribution is -2.59. The molecule has 1 saturated carbocycles. The Morgan fingerprint density at radius 1 is 0.933 bits per heavy atom. The molecule has 0 aromatic rings. The van der Waals surface area contributed by atoms with E-state index < -0.39 is 0 Å². The van der Waals surface area contributed by atoms with E-state index in [2.05, 4.69) is 4.90 Å². The molecule has 3 heterocycles. The molecule has 3 saturated heterocycles. The summed E-state index contributed by atoms with van der Waals surface area (Å²) in [5.41, 5.74) is 6.02. The summed E-state index contributed by atoms with van der Waals surface area (Å²) < 4.78 is 0. The molecular formula is C13H24N2. The summed E-state index contributed by atoms with van der Waals surface area (Å²) in [6.45, 7) is 3.66. The van der Waals surface area contributed by atoms with Gasteiger partial charge in [0.25, 0.3) is 0 Å². The summed E-state index contributed by atoms with van der Waals surface area (Å²) in [5, 5.41) is 0. The number of nitrogens with zero attached hydrogens (tertiary/aromatic N) is 1. The Bertz CT molecular complexity index is 213. The van der Waals surface area contributed by atoms with Gasteiger partial charge in [0.2, 0.25) is 0 Å². The minimum Gasteiger partial charge on any atom is -0.330 e. The van der Waals surface area contributed by atoms with Crippen LogP contribution in [0.25, 0.3) is 0 Å². The maximum atomic E-state index is 6.02. The first kappa shape index (κ1) is 10.1. The molecule has 1 aliphatic carbocycles. The van der Waals surface area contributed by atoms with E-state index in [1.165, 1.54) is 51.6 Å². The standard InChI is InChI=1S/C13H24N2/c14-9-12-10-5-7-15(8-6-10)13(12)11-3-1-2-4-11/h10-13H,1-9,14H2. The molecule has 2 heteroatoms. The molecule has 86 valence electrons. The van der Waals surface area contributed by atoms with Crippen molar-refractivity contribution in [2.45, 2.75) is 44.6 Å². The summed E-state index contributed by atoms with van der Waals surface area (Å²) in [5.74, 6) is 2.78. The minimum atomic E-state index is 0.829. The minimum absolute atomic E-state index is 0.829. The molecule has 0 spiro atoms. The van der Waals surface area contributed by atoms with Crippen molar-refractivity contribution >= 4 is 0 Å². The number of fused-ring (bicyclic) bond motifs is 3. The molecule has 4 fully saturated rings. The summed E-state index contributed by atoms with van der Waals surface area (Å²) >= 11 is 0. The molecule has 3 aliphatic heterocycles. The van der Waals surface area contributed by atoms with E-state index in [0.717, 1.165) is 30.3 Å². The van der Waals surface area contributed by atoms with Crippen LogP contribution in [0.15, 0.2) is 0 Å². The third-order valence-corrected chi connectivity index (χ3v) is 5.19. The average Bonchev–Trinajstić information content (AvgIpc) is 2.82. The number of hydrogen-bond acceptors (Lipinski definition) is 2. The van der Waals surface area contributed by atoms with Gasteiger partial charge in [0.1, 0.15) is 0 Å². The quantitative estimate of drug-likeness (QED) is 0.750. The molecule has 2 unspecified atom stereocenters. The molecule has 4 rings (SSSR count). The molecule has 2 bridgehead atoms. The summed E-state index contributed by atoms with van der Waals surface area (Å²) in [6.07, 6.45) is 8.73. The van der Waals surface area contributed by atoms with Crippen LogP contribution in [0.3, 0.4) is 0 Å². The van der Waals surface area contributed by atoms with Crippen molar-refractivity contribution in [3.63, 3.8) is 0 Å². The van der Waals surface area contributed by atoms with Crippen molar-refractivity contribution in [3.05, 3.63) is 0 Å². The Balaban J connectivity index is 1.78. The van der Waals surface area contributed by atoms with Crippen LogP contribution >= 0.6 is 0 Å². The SMILES string of the molecule is NCC1C2CCN(CC2)C1C1CCCC1. The van der Waals surface area contributed by atoms with Gasteiger partial charge < -0.3 is 5.73 Å². The van der Waals surface area contributed by atoms with Gasteiger partial charge in [-0.15, -0.1) is 0 Å². The number of rotatable bonds is 2. The van der Waals surface area contributed by atoms with Gasteiger partial charge in [-0.3, -0.25) is 4.90 Å². The molecule has 2 atom stereocenters. The average molecular weight is 208 g/mol. The lowest BCUT2D eigenvalue weighted by molar-refractivity contribution is -0.0334. The van der Waals surface area contributed by atoms with Crippen LogP contribution in [-0.2, 0) is 0 Å². The fourth-order valence-corrected chi connectivity index (χ4v) is 4.47. The highest BCUT2D eigenvalue weighted by Gasteiger charge is 2.44. The highest BCUT2D eigenvalue weighted by molar-refractivity contribution is 4.98. The highest BCUT2D eigenvalue weighted by atomic mass is 15.2. The third kappa shape index (κ3) is 1.62. The Labute approximate surface area is 93.2 Å². The smallest absolute Gasteiger partial charge is 0.0166 e. The van der Waals surface area contributed by atoms with Crippen molar-refractivity contribution in [1.29, 1.82) is 0 Å². The predicted molar refractivity (Wildman–Crippen MR) is 62.6 cm³/mol. The van der Waals surface area contributed by atoms with Crippen LogP contribution in [0.2, 0.25) is 0 Å². The van der Waals surface area contributed by atoms with Crippen molar-refractivity contribution < 1.29 is 0 Å². The molecule has 0 amide bonds. The Morgan fingerprint density at radius 2 is 1.60 bits per heavy atom. The van der Waals surface area contributed by atoms with Crippen molar-refractivity contribution in [3.8, 4) is 0 Å². The van der Waals surface area contributed by atoms with Gasteiger partial charge >= 0.3 is 0 Å². The summed E-state index contributed by atoms with van der Waals surface area (Å²) in [7, 11) is 0. The first-order valence-corrected chi connectivity index (χ1v) is 6.84. The van der Waals surface area contributed by atoms with Crippen molar-refractivity contribution in [2.24, 2.45) is 23.5 Å². The van der Waals surface area contributed by atoms with Crippen molar-refractivity contribution in [1.82, 2.24) is 4.90 Å². The van der Waals surface area contributed by atoms with E-state index in [4.69, 9.17) is 5.73 Å². The summed E-state index contributed by atoms with van der Waals surface area (Å²) in [4.78, 5) is 2.77. The monoisotopic (exact) mass is 208 g/mol. The van der Waals surface area contributed by atoms with E-state index in [-0.39, 0.29) is 0 Å². The van der Waals surface area contributed by atoms with Crippen LogP contribution < -0.4 is 5.73 Å². The Morgan fingerprint density at radius 3 is 2.20 bits per heavy atom.